The molecule has 0 aromatic heterocycles. The van der Waals surface area contributed by atoms with Crippen LogP contribution in [-0.4, -0.2) is 51.7 Å². The van der Waals surface area contributed by atoms with Crippen molar-refractivity contribution in [3.8, 4) is 0 Å². The summed E-state index contributed by atoms with van der Waals surface area (Å²) in [5.74, 6) is 0. The second-order valence-corrected chi connectivity index (χ2v) is 8.40. The topological polar surface area (TPSA) is 58.6 Å². The molecule has 0 bridgehead atoms. The Labute approximate surface area is 140 Å². The van der Waals surface area contributed by atoms with Gasteiger partial charge in [-0.3, -0.25) is 4.90 Å². The highest BCUT2D eigenvalue weighted by Gasteiger charge is 2.29. The summed E-state index contributed by atoms with van der Waals surface area (Å²) in [4.78, 5) is 2.60. The summed E-state index contributed by atoms with van der Waals surface area (Å²) in [6.07, 6.45) is 2.02. The number of benzene rings is 1. The van der Waals surface area contributed by atoms with Gasteiger partial charge in [0.05, 0.1) is 18.1 Å². The van der Waals surface area contributed by atoms with E-state index in [2.05, 4.69) is 30.4 Å². The molecule has 1 aliphatic rings. The van der Waals surface area contributed by atoms with Crippen molar-refractivity contribution in [3.05, 3.63) is 29.8 Å². The third-order valence-electron chi connectivity index (χ3n) is 4.33. The van der Waals surface area contributed by atoms with Gasteiger partial charge in [0.25, 0.3) is 0 Å². The van der Waals surface area contributed by atoms with Crippen LogP contribution in [0.4, 0.5) is 0 Å². The predicted octanol–water partition coefficient (Wildman–Crippen LogP) is 2.03. The van der Waals surface area contributed by atoms with E-state index in [1.165, 1.54) is 5.56 Å². The van der Waals surface area contributed by atoms with Gasteiger partial charge in [0.1, 0.15) is 0 Å². The van der Waals surface area contributed by atoms with Gasteiger partial charge < -0.3 is 4.74 Å². The van der Waals surface area contributed by atoms with E-state index in [-0.39, 0.29) is 5.54 Å². The van der Waals surface area contributed by atoms with Crippen LogP contribution >= 0.6 is 0 Å². The summed E-state index contributed by atoms with van der Waals surface area (Å²) in [6.45, 7) is 9.69. The van der Waals surface area contributed by atoms with Gasteiger partial charge in [-0.15, -0.1) is 0 Å². The number of nitrogens with one attached hydrogen (secondary N) is 1. The van der Waals surface area contributed by atoms with Crippen LogP contribution in [0.5, 0.6) is 0 Å². The van der Waals surface area contributed by atoms with Gasteiger partial charge in [0, 0.05) is 25.2 Å². The van der Waals surface area contributed by atoms with Crippen molar-refractivity contribution < 1.29 is 13.2 Å². The van der Waals surface area contributed by atoms with Crippen molar-refractivity contribution in [2.24, 2.45) is 0 Å². The molecule has 1 heterocycles. The van der Waals surface area contributed by atoms with Crippen LogP contribution in [0.15, 0.2) is 29.2 Å². The molecule has 0 atom stereocenters. The molecule has 1 fully saturated rings. The van der Waals surface area contributed by atoms with Crippen molar-refractivity contribution in [1.82, 2.24) is 9.62 Å². The number of nitrogens with zero attached hydrogens (tertiary/aromatic N) is 1. The molecule has 23 heavy (non-hydrogen) atoms. The summed E-state index contributed by atoms with van der Waals surface area (Å²) in [6, 6.07) is 7.17. The SMILES string of the molecule is CCCc1ccc(S(=O)(=O)NCC(C)(C)N2CCOCC2)cc1. The average molecular weight is 340 g/mol. The Morgan fingerprint density at radius 1 is 1.17 bits per heavy atom. The Balaban J connectivity index is 1.99. The summed E-state index contributed by atoms with van der Waals surface area (Å²) in [5.41, 5.74) is 0.930. The van der Waals surface area contributed by atoms with E-state index in [1.807, 2.05) is 12.1 Å². The van der Waals surface area contributed by atoms with Crippen LogP contribution in [0, 0.1) is 0 Å². The molecular formula is C17H28N2O3S. The standard InChI is InChI=1S/C17H28N2O3S/c1-4-5-15-6-8-16(9-7-15)23(20,21)18-14-17(2,3)19-10-12-22-13-11-19/h6-9,18H,4-5,10-14H2,1-3H3. The second-order valence-electron chi connectivity index (χ2n) is 6.63. The zero-order valence-corrected chi connectivity index (χ0v) is 15.2. The molecule has 0 aliphatic carbocycles. The van der Waals surface area contributed by atoms with Gasteiger partial charge in [0.15, 0.2) is 0 Å². The maximum atomic E-state index is 12.5. The van der Waals surface area contributed by atoms with E-state index in [9.17, 15) is 8.42 Å². The van der Waals surface area contributed by atoms with Gasteiger partial charge in [-0.1, -0.05) is 25.5 Å². The van der Waals surface area contributed by atoms with Gasteiger partial charge in [-0.05, 0) is 38.0 Å². The molecule has 1 saturated heterocycles. The first kappa shape index (κ1) is 18.4. The number of ether oxygens (including phenoxy) is 1. The lowest BCUT2D eigenvalue weighted by molar-refractivity contribution is -0.00803. The van der Waals surface area contributed by atoms with E-state index >= 15 is 0 Å². The van der Waals surface area contributed by atoms with Crippen molar-refractivity contribution in [1.29, 1.82) is 0 Å². The lowest BCUT2D eigenvalue weighted by atomic mass is 10.0. The number of hydrogen-bond acceptors (Lipinski definition) is 4. The molecule has 0 spiro atoms. The summed E-state index contributed by atoms with van der Waals surface area (Å²) in [5, 5.41) is 0. The highest BCUT2D eigenvalue weighted by Crippen LogP contribution is 2.17. The third kappa shape index (κ3) is 5.01. The molecule has 1 aliphatic heterocycles. The molecule has 6 heteroatoms. The number of hydrogen-bond donors (Lipinski definition) is 1. The number of rotatable bonds is 7. The molecule has 0 unspecified atom stereocenters. The smallest absolute Gasteiger partial charge is 0.240 e. The van der Waals surface area contributed by atoms with Gasteiger partial charge in [-0.2, -0.15) is 0 Å². The maximum absolute atomic E-state index is 12.5. The Kier molecular flexibility index (Phi) is 6.19. The van der Waals surface area contributed by atoms with E-state index in [4.69, 9.17) is 4.74 Å². The Bertz CT molecular complexity index is 591. The molecule has 130 valence electrons. The van der Waals surface area contributed by atoms with Crippen LogP contribution in [0.3, 0.4) is 0 Å². The average Bonchev–Trinajstić information content (AvgIpc) is 2.55. The first-order valence-electron chi connectivity index (χ1n) is 8.26. The predicted molar refractivity (Wildman–Crippen MR) is 92.1 cm³/mol. The van der Waals surface area contributed by atoms with E-state index in [0.717, 1.165) is 25.9 Å². The molecule has 2 rings (SSSR count). The summed E-state index contributed by atoms with van der Waals surface area (Å²) in [7, 11) is -3.47. The molecule has 0 saturated carbocycles. The van der Waals surface area contributed by atoms with Crippen molar-refractivity contribution in [2.45, 2.75) is 44.0 Å². The molecule has 5 nitrogen and oxygen atoms in total. The Morgan fingerprint density at radius 3 is 2.35 bits per heavy atom. The highest BCUT2D eigenvalue weighted by molar-refractivity contribution is 7.89. The minimum Gasteiger partial charge on any atom is -0.379 e. The first-order valence-corrected chi connectivity index (χ1v) is 9.75. The normalized spacial score (nSPS) is 17.3. The summed E-state index contributed by atoms with van der Waals surface area (Å²) >= 11 is 0. The number of morpholine rings is 1. The van der Waals surface area contributed by atoms with E-state index in [0.29, 0.717) is 24.7 Å². The molecule has 1 aromatic rings. The largest absolute Gasteiger partial charge is 0.379 e. The molecule has 1 N–H and O–H groups in total. The zero-order chi connectivity index (χ0) is 16.9. The Hall–Kier alpha value is -0.950. The Morgan fingerprint density at radius 2 is 1.78 bits per heavy atom. The van der Waals surface area contributed by atoms with Crippen LogP contribution in [0.25, 0.3) is 0 Å². The van der Waals surface area contributed by atoms with Crippen LogP contribution < -0.4 is 4.72 Å². The van der Waals surface area contributed by atoms with Crippen LogP contribution in [0.2, 0.25) is 0 Å². The fraction of sp³-hybridized carbons (Fsp3) is 0.647. The number of aryl methyl sites for hydroxylation is 1. The lowest BCUT2D eigenvalue weighted by Crippen LogP contribution is -2.55. The molecular weight excluding hydrogens is 312 g/mol. The van der Waals surface area contributed by atoms with E-state index < -0.39 is 10.0 Å². The third-order valence-corrected chi connectivity index (χ3v) is 5.75. The van der Waals surface area contributed by atoms with Crippen molar-refractivity contribution in [3.63, 3.8) is 0 Å². The van der Waals surface area contributed by atoms with Crippen molar-refractivity contribution in [2.75, 3.05) is 32.8 Å². The quantitative estimate of drug-likeness (QED) is 0.825. The fourth-order valence-electron chi connectivity index (χ4n) is 2.76. The fourth-order valence-corrected chi connectivity index (χ4v) is 3.96. The van der Waals surface area contributed by atoms with Gasteiger partial charge >= 0.3 is 0 Å². The lowest BCUT2D eigenvalue weighted by Gasteiger charge is -2.40. The van der Waals surface area contributed by atoms with Gasteiger partial charge in [0.2, 0.25) is 10.0 Å². The maximum Gasteiger partial charge on any atom is 0.240 e. The summed E-state index contributed by atoms with van der Waals surface area (Å²) < 4.78 is 33.1. The van der Waals surface area contributed by atoms with Crippen LogP contribution in [-0.2, 0) is 21.2 Å². The minimum absolute atomic E-state index is 0.237. The van der Waals surface area contributed by atoms with Gasteiger partial charge in [-0.25, -0.2) is 13.1 Å². The monoisotopic (exact) mass is 340 g/mol. The zero-order valence-electron chi connectivity index (χ0n) is 14.3. The molecule has 0 amide bonds. The van der Waals surface area contributed by atoms with E-state index in [1.54, 1.807) is 12.1 Å². The molecule has 1 aromatic carbocycles. The minimum atomic E-state index is -3.47. The molecule has 0 radical (unpaired) electrons. The highest BCUT2D eigenvalue weighted by atomic mass is 32.2. The van der Waals surface area contributed by atoms with Crippen LogP contribution in [0.1, 0.15) is 32.8 Å². The number of sulfonamides is 1. The first-order chi connectivity index (χ1) is 10.8. The second kappa shape index (κ2) is 7.75. The van der Waals surface area contributed by atoms with Crippen molar-refractivity contribution >= 4 is 10.0 Å².